The van der Waals surface area contributed by atoms with E-state index in [1.165, 1.54) is 25.9 Å². The third-order valence-corrected chi connectivity index (χ3v) is 2.97. The monoisotopic (exact) mass is 221 g/mol. The van der Waals surface area contributed by atoms with E-state index in [-0.39, 0.29) is 0 Å². The lowest BCUT2D eigenvalue weighted by atomic mass is 9.97. The second kappa shape index (κ2) is 7.29. The molecule has 1 heterocycles. The van der Waals surface area contributed by atoms with E-state index < -0.39 is 0 Å². The van der Waals surface area contributed by atoms with Gasteiger partial charge in [0.05, 0.1) is 7.11 Å². The van der Waals surface area contributed by atoms with Gasteiger partial charge in [-0.25, -0.2) is 0 Å². The van der Waals surface area contributed by atoms with Gasteiger partial charge in [-0.3, -0.25) is 0 Å². The molecule has 0 aromatic rings. The van der Waals surface area contributed by atoms with Gasteiger partial charge in [-0.15, -0.1) is 0 Å². The topological polar surface area (TPSA) is 12.5 Å². The molecule has 90 valence electrons. The van der Waals surface area contributed by atoms with Crippen LogP contribution in [0.3, 0.4) is 0 Å². The van der Waals surface area contributed by atoms with Gasteiger partial charge in [0, 0.05) is 0 Å². The van der Waals surface area contributed by atoms with Gasteiger partial charge in [0.2, 0.25) is 0 Å². The van der Waals surface area contributed by atoms with E-state index in [4.69, 9.17) is 4.74 Å². The van der Waals surface area contributed by atoms with E-state index >= 15 is 0 Å². The Bertz CT molecular complexity index is 270. The molecule has 1 saturated heterocycles. The van der Waals surface area contributed by atoms with Crippen LogP contribution in [0.25, 0.3) is 0 Å². The van der Waals surface area contributed by atoms with Crippen LogP contribution in [0.5, 0.6) is 0 Å². The molecule has 0 aliphatic carbocycles. The van der Waals surface area contributed by atoms with Crippen molar-refractivity contribution in [3.8, 4) is 0 Å². The minimum Gasteiger partial charge on any atom is -0.497 e. The molecular formula is C14H23NO. The summed E-state index contributed by atoms with van der Waals surface area (Å²) < 4.78 is 5.21. The Hall–Kier alpha value is -1.02. The van der Waals surface area contributed by atoms with Gasteiger partial charge in [-0.2, -0.15) is 0 Å². The largest absolute Gasteiger partial charge is 0.497 e. The number of methoxy groups -OCH3 is 1. The van der Waals surface area contributed by atoms with Crippen LogP contribution in [0.2, 0.25) is 0 Å². The van der Waals surface area contributed by atoms with E-state index in [9.17, 15) is 0 Å². The summed E-state index contributed by atoms with van der Waals surface area (Å²) in [5.41, 5.74) is 0. The molecule has 0 saturated carbocycles. The molecule has 1 rings (SSSR count). The highest BCUT2D eigenvalue weighted by Gasteiger charge is 2.13. The highest BCUT2D eigenvalue weighted by molar-refractivity contribution is 5.18. The smallest absolute Gasteiger partial charge is 0.118 e. The molecule has 0 radical (unpaired) electrons. The molecule has 2 heteroatoms. The third kappa shape index (κ3) is 4.67. The van der Waals surface area contributed by atoms with E-state index in [0.717, 1.165) is 11.7 Å². The van der Waals surface area contributed by atoms with Gasteiger partial charge in [0.25, 0.3) is 0 Å². The van der Waals surface area contributed by atoms with E-state index in [1.54, 1.807) is 7.11 Å². The summed E-state index contributed by atoms with van der Waals surface area (Å²) in [6.07, 6.45) is 12.9. The highest BCUT2D eigenvalue weighted by Crippen LogP contribution is 2.17. The summed E-state index contributed by atoms with van der Waals surface area (Å²) in [5.74, 6) is 1.64. The van der Waals surface area contributed by atoms with Crippen molar-refractivity contribution in [2.75, 3.05) is 27.2 Å². The maximum Gasteiger partial charge on any atom is 0.118 e. The zero-order chi connectivity index (χ0) is 11.8. The van der Waals surface area contributed by atoms with Crippen molar-refractivity contribution in [2.45, 2.75) is 19.8 Å². The lowest BCUT2D eigenvalue weighted by Gasteiger charge is -2.26. The van der Waals surface area contributed by atoms with E-state index in [1.807, 2.05) is 25.2 Å². The fourth-order valence-electron chi connectivity index (χ4n) is 1.88. The predicted molar refractivity (Wildman–Crippen MR) is 69.3 cm³/mol. The molecule has 0 N–H and O–H groups in total. The maximum absolute atomic E-state index is 5.21. The molecule has 1 aliphatic rings. The average Bonchev–Trinajstić information content (AvgIpc) is 2.30. The molecule has 0 atom stereocenters. The third-order valence-electron chi connectivity index (χ3n) is 2.97. The van der Waals surface area contributed by atoms with Crippen molar-refractivity contribution in [3.63, 3.8) is 0 Å². The zero-order valence-corrected chi connectivity index (χ0v) is 10.6. The van der Waals surface area contributed by atoms with Gasteiger partial charge < -0.3 is 9.64 Å². The minimum atomic E-state index is 0.733. The number of piperidine rings is 1. The normalized spacial score (nSPS) is 21.1. The second-order valence-electron chi connectivity index (χ2n) is 4.30. The Kier molecular flexibility index (Phi) is 5.94. The molecule has 1 aliphatic heterocycles. The average molecular weight is 221 g/mol. The van der Waals surface area contributed by atoms with Gasteiger partial charge >= 0.3 is 0 Å². The van der Waals surface area contributed by atoms with Crippen LogP contribution >= 0.6 is 0 Å². The Morgan fingerprint density at radius 3 is 2.56 bits per heavy atom. The van der Waals surface area contributed by atoms with Crippen molar-refractivity contribution < 1.29 is 4.74 Å². The molecule has 0 bridgehead atoms. The first-order chi connectivity index (χ1) is 7.76. The van der Waals surface area contributed by atoms with Crippen LogP contribution in [0.1, 0.15) is 19.8 Å². The van der Waals surface area contributed by atoms with Gasteiger partial charge in [-0.05, 0) is 58.0 Å². The molecule has 0 amide bonds. The number of ether oxygens (including phenoxy) is 1. The molecule has 2 nitrogen and oxygen atoms in total. The molecule has 1 fully saturated rings. The van der Waals surface area contributed by atoms with Crippen LogP contribution in [-0.4, -0.2) is 32.1 Å². The maximum atomic E-state index is 5.21. The number of likely N-dealkylation sites (tertiary alicyclic amines) is 1. The fourth-order valence-corrected chi connectivity index (χ4v) is 1.88. The van der Waals surface area contributed by atoms with Crippen molar-refractivity contribution in [3.05, 3.63) is 36.1 Å². The van der Waals surface area contributed by atoms with Crippen LogP contribution < -0.4 is 0 Å². The summed E-state index contributed by atoms with van der Waals surface area (Å²) in [6, 6.07) is 0. The lowest BCUT2D eigenvalue weighted by Crippen LogP contribution is -2.29. The fraction of sp³-hybridized carbons (Fsp3) is 0.571. The Morgan fingerprint density at radius 1 is 1.31 bits per heavy atom. The number of nitrogens with zero attached hydrogens (tertiary/aromatic N) is 1. The summed E-state index contributed by atoms with van der Waals surface area (Å²) >= 11 is 0. The number of allylic oxidation sites excluding steroid dienone is 5. The Balaban J connectivity index is 2.41. The van der Waals surface area contributed by atoms with Crippen LogP contribution in [-0.2, 0) is 4.74 Å². The molecular weight excluding hydrogens is 198 g/mol. The summed E-state index contributed by atoms with van der Waals surface area (Å²) in [6.45, 7) is 4.42. The quantitative estimate of drug-likeness (QED) is 0.534. The van der Waals surface area contributed by atoms with Crippen LogP contribution in [0.15, 0.2) is 36.1 Å². The Morgan fingerprint density at radius 2 is 2.00 bits per heavy atom. The number of hydrogen-bond donors (Lipinski definition) is 0. The van der Waals surface area contributed by atoms with Gasteiger partial charge in [-0.1, -0.05) is 18.2 Å². The van der Waals surface area contributed by atoms with Crippen molar-refractivity contribution in [1.82, 2.24) is 4.90 Å². The SMILES string of the molecule is C\C=C/C(=C\C=C\C1CCN(C)CC1)OC. The van der Waals surface area contributed by atoms with Gasteiger partial charge in [0.1, 0.15) is 5.76 Å². The Labute approximate surface area is 99.3 Å². The second-order valence-corrected chi connectivity index (χ2v) is 4.30. The predicted octanol–water partition coefficient (Wildman–Crippen LogP) is 2.99. The van der Waals surface area contributed by atoms with E-state index in [0.29, 0.717) is 0 Å². The van der Waals surface area contributed by atoms with Crippen molar-refractivity contribution in [1.29, 1.82) is 0 Å². The first-order valence-corrected chi connectivity index (χ1v) is 6.00. The lowest BCUT2D eigenvalue weighted by molar-refractivity contribution is 0.244. The minimum absolute atomic E-state index is 0.733. The summed E-state index contributed by atoms with van der Waals surface area (Å²) in [5, 5.41) is 0. The van der Waals surface area contributed by atoms with E-state index in [2.05, 4.69) is 24.1 Å². The van der Waals surface area contributed by atoms with Gasteiger partial charge in [0.15, 0.2) is 0 Å². The molecule has 0 aromatic carbocycles. The van der Waals surface area contributed by atoms with Crippen molar-refractivity contribution >= 4 is 0 Å². The molecule has 0 unspecified atom stereocenters. The zero-order valence-electron chi connectivity index (χ0n) is 10.6. The standard InChI is InChI=1S/C14H23NO/c1-4-6-14(16-3)8-5-7-13-9-11-15(2)12-10-13/h4-8,13H,9-12H2,1-3H3/b6-4-,7-5+,14-8+. The highest BCUT2D eigenvalue weighted by atomic mass is 16.5. The summed E-state index contributed by atoms with van der Waals surface area (Å²) in [7, 11) is 3.89. The molecule has 16 heavy (non-hydrogen) atoms. The van der Waals surface area contributed by atoms with Crippen LogP contribution in [0.4, 0.5) is 0 Å². The first kappa shape index (κ1) is 13.0. The van der Waals surface area contributed by atoms with Crippen molar-refractivity contribution in [2.24, 2.45) is 5.92 Å². The first-order valence-electron chi connectivity index (χ1n) is 6.00. The van der Waals surface area contributed by atoms with Crippen LogP contribution in [0, 0.1) is 5.92 Å². The number of hydrogen-bond acceptors (Lipinski definition) is 2. The molecule has 0 aromatic heterocycles. The molecule has 0 spiro atoms. The summed E-state index contributed by atoms with van der Waals surface area (Å²) in [4.78, 5) is 2.39. The number of rotatable bonds is 4.